The Kier molecular flexibility index (Phi) is 6.63. The molecule has 0 bridgehead atoms. The maximum absolute atomic E-state index is 13.4. The molecule has 0 saturated carbocycles. The molecule has 8 nitrogen and oxygen atoms in total. The molecular formula is C23H27N5O3S. The molecule has 1 amide bonds. The molecule has 3 aromatic rings. The van der Waals surface area contributed by atoms with Crippen molar-refractivity contribution in [1.29, 1.82) is 5.26 Å². The summed E-state index contributed by atoms with van der Waals surface area (Å²) in [5, 5.41) is 10.2. The summed E-state index contributed by atoms with van der Waals surface area (Å²) >= 11 is 0. The number of likely N-dealkylation sites (tertiary alicyclic amines) is 1. The molecule has 168 valence electrons. The average Bonchev–Trinajstić information content (AvgIpc) is 3.37. The molecule has 1 aliphatic heterocycles. The van der Waals surface area contributed by atoms with E-state index in [4.69, 9.17) is 0 Å². The van der Waals surface area contributed by atoms with Crippen molar-refractivity contribution in [3.05, 3.63) is 54.5 Å². The van der Waals surface area contributed by atoms with Crippen LogP contribution in [0, 0.1) is 11.3 Å². The van der Waals surface area contributed by atoms with E-state index in [0.29, 0.717) is 30.8 Å². The molecule has 1 fully saturated rings. The van der Waals surface area contributed by atoms with Gasteiger partial charge in [0.1, 0.15) is 17.8 Å². The van der Waals surface area contributed by atoms with Crippen LogP contribution in [-0.2, 0) is 21.4 Å². The van der Waals surface area contributed by atoms with E-state index in [-0.39, 0.29) is 17.2 Å². The predicted molar refractivity (Wildman–Crippen MR) is 121 cm³/mol. The van der Waals surface area contributed by atoms with Crippen molar-refractivity contribution in [3.8, 4) is 6.07 Å². The van der Waals surface area contributed by atoms with Gasteiger partial charge >= 0.3 is 0 Å². The molecular weight excluding hydrogens is 426 g/mol. The van der Waals surface area contributed by atoms with Gasteiger partial charge in [0.15, 0.2) is 0 Å². The fourth-order valence-electron chi connectivity index (χ4n) is 4.17. The third-order valence-corrected chi connectivity index (χ3v) is 7.42. The van der Waals surface area contributed by atoms with Crippen LogP contribution in [0.2, 0.25) is 0 Å². The number of fused-ring (bicyclic) bond motifs is 1. The van der Waals surface area contributed by atoms with Gasteiger partial charge in [-0.3, -0.25) is 4.79 Å². The second kappa shape index (κ2) is 9.59. The van der Waals surface area contributed by atoms with Gasteiger partial charge in [0, 0.05) is 37.5 Å². The van der Waals surface area contributed by atoms with Crippen LogP contribution in [-0.4, -0.2) is 47.9 Å². The molecule has 2 aromatic heterocycles. The Labute approximate surface area is 187 Å². The van der Waals surface area contributed by atoms with Crippen LogP contribution >= 0.6 is 0 Å². The average molecular weight is 454 g/mol. The molecule has 1 aliphatic rings. The molecule has 2 N–H and O–H groups in total. The minimum Gasteiger partial charge on any atom is -0.361 e. The number of rotatable bonds is 7. The zero-order chi connectivity index (χ0) is 22.6. The quantitative estimate of drug-likeness (QED) is 0.573. The largest absolute Gasteiger partial charge is 0.361 e. The molecule has 1 aromatic carbocycles. The lowest BCUT2D eigenvalue weighted by atomic mass is 10.2. The summed E-state index contributed by atoms with van der Waals surface area (Å²) in [6, 6.07) is 11.4. The highest BCUT2D eigenvalue weighted by atomic mass is 32.2. The SMILES string of the molecule is N#Cc1cccn1CCC(NS(=O)(=O)c1ccc2cc[nH]c2c1)C(=O)N1CCCCCC1. The summed E-state index contributed by atoms with van der Waals surface area (Å²) in [5.74, 6) is -0.206. The predicted octanol–water partition coefficient (Wildman–Crippen LogP) is 2.98. The van der Waals surface area contributed by atoms with Gasteiger partial charge in [0.25, 0.3) is 0 Å². The number of nitrogens with one attached hydrogen (secondary N) is 2. The zero-order valence-electron chi connectivity index (χ0n) is 17.8. The molecule has 4 rings (SSSR count). The summed E-state index contributed by atoms with van der Waals surface area (Å²) in [6.45, 7) is 1.63. The van der Waals surface area contributed by atoms with Gasteiger partial charge in [-0.05, 0) is 55.0 Å². The van der Waals surface area contributed by atoms with Crippen LogP contribution in [0.3, 0.4) is 0 Å². The van der Waals surface area contributed by atoms with Gasteiger partial charge in [-0.25, -0.2) is 8.42 Å². The molecule has 1 saturated heterocycles. The molecule has 1 atom stereocenters. The molecule has 0 spiro atoms. The fourth-order valence-corrected chi connectivity index (χ4v) is 5.42. The number of benzene rings is 1. The summed E-state index contributed by atoms with van der Waals surface area (Å²) in [5.41, 5.74) is 1.19. The monoisotopic (exact) mass is 453 g/mol. The second-order valence-electron chi connectivity index (χ2n) is 8.13. The lowest BCUT2D eigenvalue weighted by Crippen LogP contribution is -2.49. The normalized spacial score (nSPS) is 15.9. The molecule has 3 heterocycles. The number of hydrogen-bond acceptors (Lipinski definition) is 4. The van der Waals surface area contributed by atoms with Gasteiger partial charge in [0.05, 0.1) is 4.90 Å². The van der Waals surface area contributed by atoms with Gasteiger partial charge in [-0.2, -0.15) is 9.98 Å². The number of carbonyl (C=O) groups is 1. The lowest BCUT2D eigenvalue weighted by Gasteiger charge is -2.27. The maximum Gasteiger partial charge on any atom is 0.241 e. The first kappa shape index (κ1) is 22.1. The number of aromatic amines is 1. The first-order valence-corrected chi connectivity index (χ1v) is 12.4. The molecule has 0 aliphatic carbocycles. The number of aryl methyl sites for hydroxylation is 1. The molecule has 0 radical (unpaired) electrons. The van der Waals surface area contributed by atoms with Crippen molar-refractivity contribution in [2.75, 3.05) is 13.1 Å². The van der Waals surface area contributed by atoms with Crippen molar-refractivity contribution in [1.82, 2.24) is 19.2 Å². The number of sulfonamides is 1. The van der Waals surface area contributed by atoms with Gasteiger partial charge in [0.2, 0.25) is 15.9 Å². The van der Waals surface area contributed by atoms with Crippen LogP contribution in [0.5, 0.6) is 0 Å². The minimum atomic E-state index is -3.92. The van der Waals surface area contributed by atoms with Crippen molar-refractivity contribution in [2.45, 2.75) is 49.6 Å². The smallest absolute Gasteiger partial charge is 0.241 e. The number of nitriles is 1. The van der Waals surface area contributed by atoms with Crippen molar-refractivity contribution in [3.63, 3.8) is 0 Å². The van der Waals surface area contributed by atoms with E-state index in [1.165, 1.54) is 0 Å². The Morgan fingerprint density at radius 3 is 2.69 bits per heavy atom. The number of H-pyrrole nitrogens is 1. The zero-order valence-corrected chi connectivity index (χ0v) is 18.6. The van der Waals surface area contributed by atoms with Crippen molar-refractivity contribution >= 4 is 26.8 Å². The Morgan fingerprint density at radius 2 is 1.94 bits per heavy atom. The molecule has 1 unspecified atom stereocenters. The molecule has 32 heavy (non-hydrogen) atoms. The molecule has 9 heteroatoms. The fraction of sp³-hybridized carbons (Fsp3) is 0.391. The van der Waals surface area contributed by atoms with E-state index < -0.39 is 16.1 Å². The number of amides is 1. The lowest BCUT2D eigenvalue weighted by molar-refractivity contribution is -0.133. The highest BCUT2D eigenvalue weighted by Gasteiger charge is 2.30. The van der Waals surface area contributed by atoms with Crippen LogP contribution in [0.25, 0.3) is 10.9 Å². The van der Waals surface area contributed by atoms with E-state index in [1.807, 2.05) is 6.07 Å². The van der Waals surface area contributed by atoms with E-state index in [1.54, 1.807) is 52.2 Å². The third-order valence-electron chi connectivity index (χ3n) is 5.95. The highest BCUT2D eigenvalue weighted by molar-refractivity contribution is 7.89. The number of aromatic nitrogens is 2. The number of hydrogen-bond donors (Lipinski definition) is 2. The standard InChI is InChI=1S/C23H27N5O3S/c24-17-19-6-5-14-27(19)15-10-21(23(29)28-12-3-1-2-4-13-28)26-32(30,31)20-8-7-18-9-11-25-22(18)16-20/h5-9,11,14,16,21,25-26H,1-4,10,12-13,15H2. The first-order valence-electron chi connectivity index (χ1n) is 10.9. The van der Waals surface area contributed by atoms with Gasteiger partial charge in [-0.15, -0.1) is 0 Å². The Bertz CT molecular complexity index is 1230. The maximum atomic E-state index is 13.4. The summed E-state index contributed by atoms with van der Waals surface area (Å²) in [6.07, 6.45) is 7.76. The summed E-state index contributed by atoms with van der Waals surface area (Å²) < 4.78 is 30.8. The minimum absolute atomic E-state index is 0.111. The van der Waals surface area contributed by atoms with E-state index in [9.17, 15) is 18.5 Å². The Hall–Kier alpha value is -3.09. The first-order chi connectivity index (χ1) is 15.5. The summed E-state index contributed by atoms with van der Waals surface area (Å²) in [4.78, 5) is 18.3. The highest BCUT2D eigenvalue weighted by Crippen LogP contribution is 2.19. The van der Waals surface area contributed by atoms with E-state index >= 15 is 0 Å². The van der Waals surface area contributed by atoms with Gasteiger partial charge in [-0.1, -0.05) is 18.9 Å². The Balaban J connectivity index is 1.58. The topological polar surface area (TPSA) is 111 Å². The van der Waals surface area contributed by atoms with Crippen molar-refractivity contribution in [2.24, 2.45) is 0 Å². The van der Waals surface area contributed by atoms with Gasteiger partial charge < -0.3 is 14.5 Å². The Morgan fingerprint density at radius 1 is 1.16 bits per heavy atom. The number of nitrogens with zero attached hydrogens (tertiary/aromatic N) is 3. The third kappa shape index (κ3) is 4.87. The van der Waals surface area contributed by atoms with Crippen LogP contribution < -0.4 is 4.72 Å². The van der Waals surface area contributed by atoms with Crippen molar-refractivity contribution < 1.29 is 13.2 Å². The number of carbonyl (C=O) groups excluding carboxylic acids is 1. The van der Waals surface area contributed by atoms with Crippen LogP contribution in [0.4, 0.5) is 0 Å². The van der Waals surface area contributed by atoms with E-state index in [0.717, 1.165) is 31.1 Å². The second-order valence-corrected chi connectivity index (χ2v) is 9.84. The van der Waals surface area contributed by atoms with Crippen LogP contribution in [0.1, 0.15) is 37.8 Å². The summed E-state index contributed by atoms with van der Waals surface area (Å²) in [7, 11) is -3.92. The van der Waals surface area contributed by atoms with E-state index in [2.05, 4.69) is 15.8 Å². The van der Waals surface area contributed by atoms with Crippen LogP contribution in [0.15, 0.2) is 53.7 Å².